The summed E-state index contributed by atoms with van der Waals surface area (Å²) in [6, 6.07) is 4.50. The molecule has 1 aromatic carbocycles. The van der Waals surface area contributed by atoms with Gasteiger partial charge in [-0.15, -0.1) is 0 Å². The van der Waals surface area contributed by atoms with E-state index in [0.717, 1.165) is 10.0 Å². The highest BCUT2D eigenvalue weighted by molar-refractivity contribution is 9.10. The molecule has 0 aliphatic rings. The fraction of sp³-hybridized carbons (Fsp3) is 0.125. The first-order valence-corrected chi connectivity index (χ1v) is 5.51. The molecule has 0 spiro atoms. The molecule has 0 fully saturated rings. The van der Waals surface area contributed by atoms with Crippen molar-refractivity contribution in [1.82, 2.24) is 0 Å². The van der Waals surface area contributed by atoms with E-state index < -0.39 is 0 Å². The zero-order valence-corrected chi connectivity index (χ0v) is 9.61. The van der Waals surface area contributed by atoms with Gasteiger partial charge in [-0.2, -0.15) is 5.10 Å². The standard InChI is InChI=1S/C8H9BrFN3S/c9-7-3-6(10)2-1-5(7)4-14-8(11)13-12/h1-3H,4,12H2,(H2,11,13). The number of benzene rings is 1. The average molecular weight is 278 g/mol. The Morgan fingerprint density at radius 3 is 2.86 bits per heavy atom. The minimum Gasteiger partial charge on any atom is -0.377 e. The molecule has 0 unspecified atom stereocenters. The van der Waals surface area contributed by atoms with Gasteiger partial charge in [0, 0.05) is 10.2 Å². The van der Waals surface area contributed by atoms with E-state index in [9.17, 15) is 4.39 Å². The molecule has 0 amide bonds. The Morgan fingerprint density at radius 2 is 2.29 bits per heavy atom. The van der Waals surface area contributed by atoms with Crippen molar-refractivity contribution in [2.75, 3.05) is 0 Å². The average Bonchev–Trinajstić information content (AvgIpc) is 2.16. The highest BCUT2D eigenvalue weighted by Gasteiger charge is 2.02. The molecule has 76 valence electrons. The molecule has 0 aliphatic heterocycles. The third-order valence-electron chi connectivity index (χ3n) is 1.52. The second-order valence-electron chi connectivity index (χ2n) is 2.49. The molecule has 1 aromatic rings. The van der Waals surface area contributed by atoms with Crippen LogP contribution < -0.4 is 11.6 Å². The van der Waals surface area contributed by atoms with Crippen molar-refractivity contribution in [3.63, 3.8) is 0 Å². The van der Waals surface area contributed by atoms with Gasteiger partial charge in [-0.1, -0.05) is 33.8 Å². The van der Waals surface area contributed by atoms with Crippen LogP contribution in [0.25, 0.3) is 0 Å². The van der Waals surface area contributed by atoms with E-state index in [-0.39, 0.29) is 5.82 Å². The fourth-order valence-corrected chi connectivity index (χ4v) is 2.13. The van der Waals surface area contributed by atoms with Gasteiger partial charge in [0.15, 0.2) is 5.17 Å². The molecule has 0 heterocycles. The quantitative estimate of drug-likeness (QED) is 0.376. The van der Waals surface area contributed by atoms with Crippen molar-refractivity contribution in [1.29, 1.82) is 0 Å². The Kier molecular flexibility index (Phi) is 4.21. The minimum atomic E-state index is -0.272. The fourth-order valence-electron chi connectivity index (χ4n) is 0.828. The van der Waals surface area contributed by atoms with Crippen LogP contribution in [0.15, 0.2) is 27.8 Å². The van der Waals surface area contributed by atoms with Crippen molar-refractivity contribution in [3.8, 4) is 0 Å². The molecule has 4 N–H and O–H groups in total. The molecule has 0 saturated carbocycles. The van der Waals surface area contributed by atoms with E-state index in [2.05, 4.69) is 21.0 Å². The molecule has 0 radical (unpaired) electrons. The number of rotatable bonds is 2. The largest absolute Gasteiger partial charge is 0.377 e. The summed E-state index contributed by atoms with van der Waals surface area (Å²) in [5.41, 5.74) is 6.35. The van der Waals surface area contributed by atoms with Crippen molar-refractivity contribution >= 4 is 32.9 Å². The molecule has 0 atom stereocenters. The van der Waals surface area contributed by atoms with Crippen LogP contribution in [0.5, 0.6) is 0 Å². The molecular formula is C8H9BrFN3S. The summed E-state index contributed by atoms with van der Waals surface area (Å²) >= 11 is 4.55. The van der Waals surface area contributed by atoms with Crippen LogP contribution in [0.1, 0.15) is 5.56 Å². The van der Waals surface area contributed by atoms with Gasteiger partial charge < -0.3 is 11.6 Å². The van der Waals surface area contributed by atoms with Crippen molar-refractivity contribution < 1.29 is 4.39 Å². The van der Waals surface area contributed by atoms with E-state index in [1.807, 2.05) is 0 Å². The summed E-state index contributed by atoms with van der Waals surface area (Å²) < 4.78 is 13.4. The number of thioether (sulfide) groups is 1. The zero-order valence-electron chi connectivity index (χ0n) is 7.21. The monoisotopic (exact) mass is 277 g/mol. The summed E-state index contributed by atoms with van der Waals surface area (Å²) in [6.45, 7) is 0. The summed E-state index contributed by atoms with van der Waals surface area (Å²) in [5.74, 6) is 5.30. The summed E-state index contributed by atoms with van der Waals surface area (Å²) in [5, 5.41) is 3.63. The van der Waals surface area contributed by atoms with Gasteiger partial charge in [0.25, 0.3) is 0 Å². The highest BCUT2D eigenvalue weighted by Crippen LogP contribution is 2.22. The maximum atomic E-state index is 12.7. The van der Waals surface area contributed by atoms with Crippen molar-refractivity contribution in [2.45, 2.75) is 5.75 Å². The van der Waals surface area contributed by atoms with Crippen LogP contribution in [0, 0.1) is 5.82 Å². The number of hydrogen-bond acceptors (Lipinski definition) is 3. The molecule has 1 rings (SSSR count). The number of amidine groups is 1. The summed E-state index contributed by atoms with van der Waals surface area (Å²) in [6.07, 6.45) is 0. The van der Waals surface area contributed by atoms with Crippen molar-refractivity contribution in [2.24, 2.45) is 16.7 Å². The molecular weight excluding hydrogens is 269 g/mol. The Morgan fingerprint density at radius 1 is 1.57 bits per heavy atom. The first-order valence-electron chi connectivity index (χ1n) is 3.73. The lowest BCUT2D eigenvalue weighted by atomic mass is 10.2. The van der Waals surface area contributed by atoms with Gasteiger partial charge in [-0.3, -0.25) is 0 Å². The first-order chi connectivity index (χ1) is 6.63. The third-order valence-corrected chi connectivity index (χ3v) is 3.11. The minimum absolute atomic E-state index is 0.272. The first kappa shape index (κ1) is 11.3. The van der Waals surface area contributed by atoms with Crippen LogP contribution in [0.3, 0.4) is 0 Å². The molecule has 0 aromatic heterocycles. The van der Waals surface area contributed by atoms with Crippen LogP contribution in [0.4, 0.5) is 4.39 Å². The number of hydrogen-bond donors (Lipinski definition) is 2. The maximum Gasteiger partial charge on any atom is 0.177 e. The number of nitrogens with zero attached hydrogens (tertiary/aromatic N) is 1. The summed E-state index contributed by atoms with van der Waals surface area (Å²) in [7, 11) is 0. The Balaban J connectivity index is 2.68. The molecule has 3 nitrogen and oxygen atoms in total. The van der Waals surface area contributed by atoms with Gasteiger partial charge >= 0.3 is 0 Å². The van der Waals surface area contributed by atoms with E-state index in [4.69, 9.17) is 11.6 Å². The lowest BCUT2D eigenvalue weighted by Gasteiger charge is -2.03. The van der Waals surface area contributed by atoms with E-state index in [0.29, 0.717) is 10.9 Å². The van der Waals surface area contributed by atoms with Crippen LogP contribution in [0.2, 0.25) is 0 Å². The Bertz CT molecular complexity index is 356. The number of halogens is 2. The smallest absolute Gasteiger partial charge is 0.177 e. The van der Waals surface area contributed by atoms with Gasteiger partial charge in [-0.25, -0.2) is 4.39 Å². The topological polar surface area (TPSA) is 64.4 Å². The van der Waals surface area contributed by atoms with E-state index in [1.54, 1.807) is 6.07 Å². The van der Waals surface area contributed by atoms with Gasteiger partial charge in [0.2, 0.25) is 0 Å². The lowest BCUT2D eigenvalue weighted by Crippen LogP contribution is -2.09. The second kappa shape index (κ2) is 5.21. The van der Waals surface area contributed by atoms with Crippen molar-refractivity contribution in [3.05, 3.63) is 34.1 Å². The van der Waals surface area contributed by atoms with E-state index in [1.165, 1.54) is 23.9 Å². The normalized spacial score (nSPS) is 11.7. The predicted octanol–water partition coefficient (Wildman–Crippen LogP) is 2.01. The number of hydrazone groups is 1. The Labute approximate surface area is 93.9 Å². The Hall–Kier alpha value is -0.750. The molecule has 0 aliphatic carbocycles. The molecule has 0 saturated heterocycles. The van der Waals surface area contributed by atoms with E-state index >= 15 is 0 Å². The predicted molar refractivity (Wildman–Crippen MR) is 61.2 cm³/mol. The van der Waals surface area contributed by atoms with Crippen LogP contribution in [-0.2, 0) is 5.75 Å². The maximum absolute atomic E-state index is 12.7. The van der Waals surface area contributed by atoms with Gasteiger partial charge in [0.1, 0.15) is 5.82 Å². The van der Waals surface area contributed by atoms with Gasteiger partial charge in [0.05, 0.1) is 0 Å². The second-order valence-corrected chi connectivity index (χ2v) is 4.34. The lowest BCUT2D eigenvalue weighted by molar-refractivity contribution is 0.626. The zero-order chi connectivity index (χ0) is 10.6. The SMILES string of the molecule is NN=C(N)SCc1ccc(F)cc1Br. The molecule has 0 bridgehead atoms. The summed E-state index contributed by atoms with van der Waals surface area (Å²) in [4.78, 5) is 0. The van der Waals surface area contributed by atoms with Crippen LogP contribution in [-0.4, -0.2) is 5.17 Å². The molecule has 6 heteroatoms. The van der Waals surface area contributed by atoms with Gasteiger partial charge in [-0.05, 0) is 17.7 Å². The number of nitrogens with two attached hydrogens (primary N) is 2. The highest BCUT2D eigenvalue weighted by atomic mass is 79.9. The molecule has 14 heavy (non-hydrogen) atoms. The third kappa shape index (κ3) is 3.19. The van der Waals surface area contributed by atoms with Crippen LogP contribution >= 0.6 is 27.7 Å².